The molecular formula is C32H43N3O6S. The third-order valence-electron chi connectivity index (χ3n) is 6.25. The van der Waals surface area contributed by atoms with Crippen LogP contribution in [0.15, 0.2) is 60.7 Å². The molecule has 0 spiro atoms. The van der Waals surface area contributed by atoms with E-state index < -0.39 is 41.3 Å². The summed E-state index contributed by atoms with van der Waals surface area (Å²) < 4.78 is 17.2. The highest BCUT2D eigenvalue weighted by Gasteiger charge is 2.35. The van der Waals surface area contributed by atoms with Crippen LogP contribution in [0.5, 0.6) is 0 Å². The van der Waals surface area contributed by atoms with Crippen LogP contribution < -0.4 is 16.0 Å². The van der Waals surface area contributed by atoms with E-state index in [2.05, 4.69) is 16.0 Å². The smallest absolute Gasteiger partial charge is 0.329 e. The fourth-order valence-electron chi connectivity index (χ4n) is 4.52. The summed E-state index contributed by atoms with van der Waals surface area (Å²) in [6.07, 6.45) is 0.544. The van der Waals surface area contributed by atoms with Crippen LogP contribution in [-0.2, 0) is 28.6 Å². The van der Waals surface area contributed by atoms with Gasteiger partial charge < -0.3 is 30.2 Å². The number of nitrogens with one attached hydrogen (secondary N) is 3. The van der Waals surface area contributed by atoms with Crippen molar-refractivity contribution in [3.8, 4) is 0 Å². The standard InChI is InChI=1S/C32H43N3O6S/c1-31(2,3)40-25(36)20-24(29(38)41-32(4,5)6)34-30(42)35-26(21-14-9-7-10-15-21)27(22-16-11-8-12-17-22)39-28(37)23-18-13-19-33-23/h7-12,14-17,23-24,26-27,33H,13,18-20H2,1-6H3,(H2,34,35,42)/t23-,24-,26-,27-/m0/s1. The van der Waals surface area contributed by atoms with Crippen LogP contribution in [0, 0.1) is 0 Å². The molecular weight excluding hydrogens is 554 g/mol. The van der Waals surface area contributed by atoms with Crippen molar-refractivity contribution < 1.29 is 28.6 Å². The Morgan fingerprint density at radius 2 is 1.45 bits per heavy atom. The van der Waals surface area contributed by atoms with Crippen molar-refractivity contribution >= 4 is 35.2 Å². The summed E-state index contributed by atoms with van der Waals surface area (Å²) in [5.74, 6) is -1.57. The Bertz CT molecular complexity index is 1200. The van der Waals surface area contributed by atoms with E-state index in [-0.39, 0.29) is 23.5 Å². The average Bonchev–Trinajstić information content (AvgIpc) is 3.44. The number of hydrogen-bond acceptors (Lipinski definition) is 8. The summed E-state index contributed by atoms with van der Waals surface area (Å²) in [4.78, 5) is 39.1. The number of carbonyl (C=O) groups excluding carboxylic acids is 3. The summed E-state index contributed by atoms with van der Waals surface area (Å²) in [7, 11) is 0. The Labute approximate surface area is 254 Å². The molecule has 3 rings (SSSR count). The number of thiocarbonyl (C=S) groups is 1. The SMILES string of the molecule is CC(C)(C)OC(=O)C[C@H](NC(=S)N[C@@H](c1ccccc1)[C@@H](OC(=O)[C@@H]1CCCN1)c1ccccc1)C(=O)OC(C)(C)C. The minimum Gasteiger partial charge on any atom is -0.460 e. The van der Waals surface area contributed by atoms with Gasteiger partial charge in [0.15, 0.2) is 11.2 Å². The highest BCUT2D eigenvalue weighted by Crippen LogP contribution is 2.33. The van der Waals surface area contributed by atoms with Crippen LogP contribution in [0.25, 0.3) is 0 Å². The summed E-state index contributed by atoms with van der Waals surface area (Å²) in [5, 5.41) is 9.50. The first kappa shape index (κ1) is 33.0. The quantitative estimate of drug-likeness (QED) is 0.203. The van der Waals surface area contributed by atoms with Crippen LogP contribution >= 0.6 is 12.2 Å². The van der Waals surface area contributed by atoms with Crippen LogP contribution in [0.4, 0.5) is 0 Å². The molecule has 1 heterocycles. The second kappa shape index (κ2) is 14.6. The molecule has 0 bridgehead atoms. The molecule has 0 aromatic heterocycles. The van der Waals surface area contributed by atoms with E-state index in [1.807, 2.05) is 60.7 Å². The van der Waals surface area contributed by atoms with Gasteiger partial charge in [0.2, 0.25) is 0 Å². The van der Waals surface area contributed by atoms with Crippen molar-refractivity contribution in [3.63, 3.8) is 0 Å². The number of hydrogen-bond donors (Lipinski definition) is 3. The Hall–Kier alpha value is -3.50. The molecule has 0 radical (unpaired) electrons. The zero-order valence-electron chi connectivity index (χ0n) is 25.3. The lowest BCUT2D eigenvalue weighted by Crippen LogP contribution is -2.50. The molecule has 0 amide bonds. The summed E-state index contributed by atoms with van der Waals surface area (Å²) in [5.41, 5.74) is 0.0651. The highest BCUT2D eigenvalue weighted by atomic mass is 32.1. The second-order valence-electron chi connectivity index (χ2n) is 12.3. The Kier molecular flexibility index (Phi) is 11.5. The maximum Gasteiger partial charge on any atom is 0.329 e. The van der Waals surface area contributed by atoms with Crippen molar-refractivity contribution in [2.75, 3.05) is 6.54 Å². The van der Waals surface area contributed by atoms with Crippen molar-refractivity contribution in [1.82, 2.24) is 16.0 Å². The molecule has 42 heavy (non-hydrogen) atoms. The first-order valence-corrected chi connectivity index (χ1v) is 14.7. The van der Waals surface area contributed by atoms with Crippen LogP contribution in [-0.4, -0.2) is 52.9 Å². The Balaban J connectivity index is 1.90. The van der Waals surface area contributed by atoms with Gasteiger partial charge in [0.05, 0.1) is 12.5 Å². The molecule has 228 valence electrons. The van der Waals surface area contributed by atoms with Gasteiger partial charge in [0.25, 0.3) is 0 Å². The van der Waals surface area contributed by atoms with Crippen molar-refractivity contribution in [1.29, 1.82) is 0 Å². The van der Waals surface area contributed by atoms with Crippen molar-refractivity contribution in [2.45, 2.75) is 96.2 Å². The maximum atomic E-state index is 13.2. The molecule has 10 heteroatoms. The van der Waals surface area contributed by atoms with E-state index >= 15 is 0 Å². The van der Waals surface area contributed by atoms with Gasteiger partial charge in [-0.15, -0.1) is 0 Å². The topological polar surface area (TPSA) is 115 Å². The van der Waals surface area contributed by atoms with Gasteiger partial charge in [-0.3, -0.25) is 9.59 Å². The van der Waals surface area contributed by atoms with E-state index in [1.165, 1.54) is 0 Å². The minimum atomic E-state index is -1.11. The van der Waals surface area contributed by atoms with Gasteiger partial charge in [-0.05, 0) is 84.3 Å². The lowest BCUT2D eigenvalue weighted by molar-refractivity contribution is -0.164. The molecule has 9 nitrogen and oxygen atoms in total. The summed E-state index contributed by atoms with van der Waals surface area (Å²) >= 11 is 5.68. The predicted octanol–water partition coefficient (Wildman–Crippen LogP) is 4.67. The lowest BCUT2D eigenvalue weighted by atomic mass is 9.95. The van der Waals surface area contributed by atoms with Gasteiger partial charge >= 0.3 is 17.9 Å². The predicted molar refractivity (Wildman–Crippen MR) is 164 cm³/mol. The van der Waals surface area contributed by atoms with Crippen LogP contribution in [0.2, 0.25) is 0 Å². The van der Waals surface area contributed by atoms with E-state index in [0.717, 1.165) is 24.1 Å². The minimum absolute atomic E-state index is 0.0826. The van der Waals surface area contributed by atoms with Gasteiger partial charge in [-0.25, -0.2) is 4.79 Å². The molecule has 1 aliphatic rings. The summed E-state index contributed by atoms with van der Waals surface area (Å²) in [6.45, 7) is 11.3. The Morgan fingerprint density at radius 3 is 1.98 bits per heavy atom. The monoisotopic (exact) mass is 597 g/mol. The average molecular weight is 598 g/mol. The zero-order valence-corrected chi connectivity index (χ0v) is 26.1. The number of benzene rings is 2. The normalized spacial score (nSPS) is 17.3. The van der Waals surface area contributed by atoms with Crippen molar-refractivity contribution in [3.05, 3.63) is 71.8 Å². The van der Waals surface area contributed by atoms with Crippen molar-refractivity contribution in [2.24, 2.45) is 0 Å². The highest BCUT2D eigenvalue weighted by molar-refractivity contribution is 7.80. The first-order valence-electron chi connectivity index (χ1n) is 14.3. The largest absolute Gasteiger partial charge is 0.460 e. The zero-order chi connectivity index (χ0) is 30.9. The molecule has 0 aliphatic carbocycles. The van der Waals surface area contributed by atoms with Gasteiger partial charge in [-0.1, -0.05) is 60.7 Å². The van der Waals surface area contributed by atoms with E-state index in [9.17, 15) is 14.4 Å². The van der Waals surface area contributed by atoms with Gasteiger partial charge in [-0.2, -0.15) is 0 Å². The molecule has 0 unspecified atom stereocenters. The second-order valence-corrected chi connectivity index (χ2v) is 12.7. The van der Waals surface area contributed by atoms with E-state index in [1.54, 1.807) is 41.5 Å². The maximum absolute atomic E-state index is 13.2. The van der Waals surface area contributed by atoms with Gasteiger partial charge in [0, 0.05) is 0 Å². The molecule has 2 aromatic carbocycles. The number of rotatable bonds is 10. The number of esters is 3. The van der Waals surface area contributed by atoms with Gasteiger partial charge in [0.1, 0.15) is 23.3 Å². The number of carbonyl (C=O) groups is 3. The Morgan fingerprint density at radius 1 is 0.881 bits per heavy atom. The first-order chi connectivity index (χ1) is 19.7. The van der Waals surface area contributed by atoms with Crippen LogP contribution in [0.3, 0.4) is 0 Å². The third kappa shape index (κ3) is 10.7. The fourth-order valence-corrected chi connectivity index (χ4v) is 4.78. The third-order valence-corrected chi connectivity index (χ3v) is 6.49. The molecule has 1 fully saturated rings. The molecule has 3 N–H and O–H groups in total. The van der Waals surface area contributed by atoms with E-state index in [4.69, 9.17) is 26.4 Å². The summed E-state index contributed by atoms with van der Waals surface area (Å²) in [6, 6.07) is 16.8. The fraction of sp³-hybridized carbons (Fsp3) is 0.500. The molecule has 1 saturated heterocycles. The number of ether oxygens (including phenoxy) is 3. The molecule has 4 atom stereocenters. The molecule has 1 aliphatic heterocycles. The van der Waals surface area contributed by atoms with Crippen LogP contribution in [0.1, 0.15) is 84.1 Å². The van der Waals surface area contributed by atoms with E-state index in [0.29, 0.717) is 6.42 Å². The molecule has 2 aromatic rings. The lowest BCUT2D eigenvalue weighted by Gasteiger charge is -2.32. The molecule has 0 saturated carbocycles.